The van der Waals surface area contributed by atoms with Crippen molar-refractivity contribution in [2.75, 3.05) is 111 Å². The van der Waals surface area contributed by atoms with E-state index in [0.717, 1.165) is 110 Å². The number of halogens is 5. The van der Waals surface area contributed by atoms with Crippen LogP contribution in [0.25, 0.3) is 21.8 Å². The first-order valence-electron chi connectivity index (χ1n) is 45.6. The van der Waals surface area contributed by atoms with Crippen molar-refractivity contribution in [2.45, 2.75) is 267 Å². The minimum atomic E-state index is -4.64. The van der Waals surface area contributed by atoms with Gasteiger partial charge in [0.1, 0.15) is 32.9 Å². The molecule has 15 rings (SSSR count). The number of amides is 4. The molecule has 0 radical (unpaired) electrons. The average molecular weight is 1940 g/mol. The Morgan fingerprint density at radius 3 is 1.35 bits per heavy atom. The number of aromatic amines is 2. The van der Waals surface area contributed by atoms with Gasteiger partial charge in [0.05, 0.1) is 65.6 Å². The van der Waals surface area contributed by atoms with Gasteiger partial charge < -0.3 is 94.2 Å². The van der Waals surface area contributed by atoms with E-state index in [1.807, 2.05) is 150 Å². The van der Waals surface area contributed by atoms with Gasteiger partial charge in [-0.1, -0.05) is 133 Å². The van der Waals surface area contributed by atoms with Crippen LogP contribution in [0.4, 0.5) is 54.2 Å². The summed E-state index contributed by atoms with van der Waals surface area (Å²) in [4.78, 5) is 105. The van der Waals surface area contributed by atoms with Crippen LogP contribution >= 0.6 is 23.5 Å². The first-order valence-corrected chi connectivity index (χ1v) is 46.2. The zero-order chi connectivity index (χ0) is 99.9. The van der Waals surface area contributed by atoms with Crippen LogP contribution in [0.3, 0.4) is 0 Å². The van der Waals surface area contributed by atoms with E-state index >= 15 is 0 Å². The molecule has 5 aromatic carbocycles. The fourth-order valence-electron chi connectivity index (χ4n) is 15.2. The van der Waals surface area contributed by atoms with Crippen LogP contribution in [0.2, 0.25) is 0 Å². The van der Waals surface area contributed by atoms with Gasteiger partial charge in [-0.2, -0.15) is 13.2 Å². The molecule has 3 atom stereocenters. The van der Waals surface area contributed by atoms with Crippen LogP contribution < -0.4 is 45.5 Å². The molecule has 7 N–H and O–H groups in total. The minimum Gasteiger partial charge on any atom is -0.870 e. The largest absolute Gasteiger partial charge is 1.00 e. The number of aromatic nitrogens is 2. The zero-order valence-corrected chi connectivity index (χ0v) is 88.0. The van der Waals surface area contributed by atoms with Gasteiger partial charge in [-0.15, -0.1) is 11.6 Å². The van der Waals surface area contributed by atoms with Crippen molar-refractivity contribution in [1.82, 2.24) is 45.1 Å². The quantitative estimate of drug-likeness (QED) is 0.0225. The molecular formula is C100H148Cl2F3N12NaO17. The smallest absolute Gasteiger partial charge is 0.870 e. The number of ether oxygens (including phenoxy) is 7. The summed E-state index contributed by atoms with van der Waals surface area (Å²) in [5.74, 6) is 0.850. The number of H-pyrrole nitrogens is 2. The van der Waals surface area contributed by atoms with Gasteiger partial charge in [0.25, 0.3) is 0 Å². The normalized spacial score (nSPS) is 17.9. The molecular weight excluding hydrogens is 1790 g/mol. The van der Waals surface area contributed by atoms with Gasteiger partial charge in [0, 0.05) is 90.8 Å². The summed E-state index contributed by atoms with van der Waals surface area (Å²) in [6.07, 6.45) is -4.24. The number of hydrogen-bond acceptors (Lipinski definition) is 23. The Kier molecular flexibility index (Phi) is 48.0. The number of aldehydes is 1. The molecule has 4 amide bonds. The van der Waals surface area contributed by atoms with Crippen LogP contribution in [0.1, 0.15) is 225 Å². The Balaban J connectivity index is 0.000000396. The number of rotatable bonds is 6. The molecule has 3 saturated heterocycles. The van der Waals surface area contributed by atoms with Crippen molar-refractivity contribution in [3.05, 3.63) is 161 Å². The number of carbonyl (C=O) groups excluding carboxylic acids is 7. The molecule has 2 spiro atoms. The zero-order valence-electron chi connectivity index (χ0n) is 84.5. The van der Waals surface area contributed by atoms with E-state index in [-0.39, 0.29) is 75.7 Å². The molecule has 0 bridgehead atoms. The van der Waals surface area contributed by atoms with Gasteiger partial charge in [-0.25, -0.2) is 29.0 Å². The molecule has 746 valence electrons. The van der Waals surface area contributed by atoms with Gasteiger partial charge in [0.15, 0.2) is 0 Å². The van der Waals surface area contributed by atoms with E-state index in [1.54, 1.807) is 63.4 Å². The topological polar surface area (TPSA) is 352 Å². The number of para-hydroxylation sites is 5. The van der Waals surface area contributed by atoms with E-state index < -0.39 is 57.7 Å². The predicted molar refractivity (Wildman–Crippen MR) is 524 cm³/mol. The van der Waals surface area contributed by atoms with E-state index in [4.69, 9.17) is 61.8 Å². The number of hydrogen-bond donors (Lipinski definition) is 6. The number of likely N-dealkylation sites (tertiary alicyclic amines) is 2. The number of aliphatic hydroxyl groups is 1. The molecule has 3 unspecified atom stereocenters. The summed E-state index contributed by atoms with van der Waals surface area (Å²) in [6.45, 7) is 60.1. The van der Waals surface area contributed by atoms with E-state index in [0.29, 0.717) is 51.6 Å². The number of piperidine rings is 1. The third kappa shape index (κ3) is 37.4. The predicted octanol–water partition coefficient (Wildman–Crippen LogP) is 18.0. The molecule has 135 heavy (non-hydrogen) atoms. The van der Waals surface area contributed by atoms with Crippen molar-refractivity contribution in [2.24, 2.45) is 9.98 Å². The summed E-state index contributed by atoms with van der Waals surface area (Å²) < 4.78 is 71.3. The Bertz CT molecular complexity index is 4930. The summed E-state index contributed by atoms with van der Waals surface area (Å²) >= 11 is 11.8. The molecule has 29 nitrogen and oxygen atoms in total. The third-order valence-corrected chi connectivity index (χ3v) is 22.6. The number of benzene rings is 5. The van der Waals surface area contributed by atoms with Crippen LogP contribution in [-0.4, -0.2) is 245 Å². The van der Waals surface area contributed by atoms with E-state index in [9.17, 15) is 41.9 Å². The van der Waals surface area contributed by atoms with Crippen molar-refractivity contribution < 1.29 is 124 Å². The molecule has 10 heterocycles. The third-order valence-electron chi connectivity index (χ3n) is 21.5. The van der Waals surface area contributed by atoms with Crippen molar-refractivity contribution in [1.29, 1.82) is 0 Å². The van der Waals surface area contributed by atoms with E-state index in [1.165, 1.54) is 72.4 Å². The standard InChI is InChI=1S/C17H22N2O3.C16H19ClN2O2.C16H20N2O2.C11H12N2O.C11H12N2.C10H18O5.2C6H15N.C4H9ClO.C2HF3O.CH4O.Na.H2O/c1-16(2,3)22-15(20)19-10-9-17(11-19)12-7-5-6-8-13(12)18-14(17)21-4;1-15(2,3)21-14(20)19-9-8-16(17)11-6-4-5-7-12(11)18-13(16)10-19;1-16(2,3)20-15(19)18-9-8-12-11-6-4-5-7-13(11)17-14(12)10-18;14-10-11(5-6-12-7-11)8-3-1-2-4-9(8)13-10;1-2-4-10-8(3-1)9-5-6-12-7-11(9)13-10;1-9(2,3)14-7(11)13-8(12)15-10(4,5)6;2*1-4-7(5-2)6-3;1-4(2,3)6-5;3-2(4,5)1-6;1-2;;/h5-8H,9-11H2,1-4H3;4-7H,8-10H2,1-3H3;4-7,17H,8-10H2,1-3H3;1-4,12H,5-7H2,(H,13,14);1-4,12-13H,5-7H2;1-6H3;2*4-6H2,1-3H3;1-3H3;1H;2H,1H3;;1H2/q;;;;;;;;;;;+1;/p-1. The molecule has 8 aliphatic heterocycles. The second-order valence-electron chi connectivity index (χ2n) is 38.4. The fraction of sp³-hybridized carbons (Fsp3) is 0.570. The van der Waals surface area contributed by atoms with Gasteiger partial charge in [-0.05, 0) is 262 Å². The molecule has 0 aliphatic carbocycles. The van der Waals surface area contributed by atoms with Crippen LogP contribution in [0.15, 0.2) is 131 Å². The van der Waals surface area contributed by atoms with Crippen LogP contribution in [-0.2, 0) is 88.7 Å². The van der Waals surface area contributed by atoms with Crippen molar-refractivity contribution in [3.8, 4) is 0 Å². The van der Waals surface area contributed by atoms with Crippen LogP contribution in [0, 0.1) is 0 Å². The maximum Gasteiger partial charge on any atom is 1.00 e. The Labute approximate surface area is 829 Å². The maximum absolute atomic E-state index is 12.3. The van der Waals surface area contributed by atoms with Gasteiger partial charge in [-0.3, -0.25) is 18.9 Å². The second kappa shape index (κ2) is 53.9. The fourth-order valence-corrected chi connectivity index (χ4v) is 15.6. The Morgan fingerprint density at radius 1 is 0.504 bits per heavy atom. The number of nitrogens with one attached hydrogen (secondary N) is 5. The molecule has 2 aromatic heterocycles. The number of fused-ring (bicyclic) bond motifs is 13. The first kappa shape index (κ1) is 120. The number of aliphatic imine (C=N–C) groups is 2. The summed E-state index contributed by atoms with van der Waals surface area (Å²) in [7, 11) is 2.64. The summed E-state index contributed by atoms with van der Waals surface area (Å²) in [6, 6.07) is 40.7. The van der Waals surface area contributed by atoms with Crippen LogP contribution in [0.5, 0.6) is 0 Å². The molecule has 35 heteroatoms. The minimum absolute atomic E-state index is 0. The first-order chi connectivity index (χ1) is 62.2. The summed E-state index contributed by atoms with van der Waals surface area (Å²) in [5, 5.41) is 19.3. The number of nitrogens with zero attached hydrogens (tertiary/aromatic N) is 7. The SMILES string of the molecule is CC(C)(C)OC(=O)N1CCC2(Cl)C(=Nc3ccccc32)C1.CC(C)(C)OC(=O)N1CCc2c([nH]c3ccccc23)C1.CC(C)(C)OC(=O)OC(=O)OC(C)(C)C.CC(C)(C)OCl.CCN(CC)CC.CCN(CC)CC.CO.COC1=Nc2ccccc2C12CCN(C(=O)OC(C)(C)C)C2.O=C1Nc2ccccc2C12CCNC2.O=CC(F)(F)F.[Na+].[OH-].c1ccc2c3c([nH]c2c1)CNCC3. The Morgan fingerprint density at radius 2 is 0.911 bits per heavy atom. The molecule has 8 aliphatic rings. The monoisotopic (exact) mass is 1940 g/mol. The number of methoxy groups -OCH3 is 1. The van der Waals surface area contributed by atoms with Crippen molar-refractivity contribution >= 4 is 117 Å². The number of aliphatic hydroxyl groups excluding tert-OH is 1. The van der Waals surface area contributed by atoms with Crippen molar-refractivity contribution in [3.63, 3.8) is 0 Å². The number of anilines is 1. The average Bonchev–Trinajstić information content (AvgIpc) is 1.58. The molecule has 3 fully saturated rings. The number of carbonyl (C=O) groups is 7. The molecule has 0 saturated carbocycles. The summed E-state index contributed by atoms with van der Waals surface area (Å²) in [5.41, 5.74) is 11.1. The molecule has 7 aromatic rings. The van der Waals surface area contributed by atoms with Gasteiger partial charge >= 0.3 is 66.3 Å². The van der Waals surface area contributed by atoms with E-state index in [2.05, 4.69) is 151 Å². The van der Waals surface area contributed by atoms with Gasteiger partial charge in [0.2, 0.25) is 18.1 Å². The number of alkyl halides is 4. The Hall–Kier alpha value is -8.90. The second-order valence-corrected chi connectivity index (χ2v) is 39.2. The maximum atomic E-state index is 12.3.